The van der Waals surface area contributed by atoms with E-state index in [2.05, 4.69) is 14.7 Å². The normalized spacial score (nSPS) is 8.46. The number of nitrogens with zero attached hydrogens (tertiary/aromatic N) is 1. The third-order valence-electron chi connectivity index (χ3n) is 0.938. The number of aromatic carboxylic acids is 1. The molecule has 0 spiro atoms. The SMILES string of the molecule is COC.O=Cc1ncc(C(=O)O)[nH]1. The number of carboxylic acids is 1. The van der Waals surface area contributed by atoms with Crippen LogP contribution in [0.5, 0.6) is 0 Å². The first-order valence-electron chi connectivity index (χ1n) is 3.29. The second-order valence-corrected chi connectivity index (χ2v) is 2.01. The van der Waals surface area contributed by atoms with E-state index in [0.29, 0.717) is 6.29 Å². The van der Waals surface area contributed by atoms with Crippen LogP contribution in [0, 0.1) is 0 Å². The Bertz CT molecular complexity index is 282. The number of aromatic nitrogens is 2. The fourth-order valence-corrected chi connectivity index (χ4v) is 0.505. The van der Waals surface area contributed by atoms with E-state index in [1.54, 1.807) is 14.2 Å². The summed E-state index contributed by atoms with van der Waals surface area (Å²) in [4.78, 5) is 25.8. The van der Waals surface area contributed by atoms with Crippen molar-refractivity contribution in [3.8, 4) is 0 Å². The number of aldehydes is 1. The predicted molar refractivity (Wildman–Crippen MR) is 43.9 cm³/mol. The second kappa shape index (κ2) is 5.90. The standard InChI is InChI=1S/C5H4N2O3.C2H6O/c8-2-4-6-1-3(7-4)5(9)10;1-3-2/h1-2H,(H,6,7)(H,9,10);1-2H3. The molecule has 0 saturated heterocycles. The monoisotopic (exact) mass is 186 g/mol. The molecule has 1 rings (SSSR count). The van der Waals surface area contributed by atoms with Crippen LogP contribution < -0.4 is 0 Å². The van der Waals surface area contributed by atoms with Gasteiger partial charge in [0, 0.05) is 14.2 Å². The smallest absolute Gasteiger partial charge is 0.353 e. The zero-order valence-electron chi connectivity index (χ0n) is 7.27. The molecule has 72 valence electrons. The molecule has 0 radical (unpaired) electrons. The molecule has 6 nitrogen and oxygen atoms in total. The minimum absolute atomic E-state index is 0.0254. The molecule has 6 heteroatoms. The summed E-state index contributed by atoms with van der Waals surface area (Å²) < 4.78 is 4.25. The first kappa shape index (κ1) is 11.3. The van der Waals surface area contributed by atoms with Crippen molar-refractivity contribution in [3.63, 3.8) is 0 Å². The molecular weight excluding hydrogens is 176 g/mol. The van der Waals surface area contributed by atoms with Gasteiger partial charge < -0.3 is 14.8 Å². The summed E-state index contributed by atoms with van der Waals surface area (Å²) >= 11 is 0. The molecule has 0 bridgehead atoms. The molecule has 0 fully saturated rings. The van der Waals surface area contributed by atoms with Gasteiger partial charge in [-0.1, -0.05) is 0 Å². The number of carbonyl (C=O) groups is 2. The zero-order valence-corrected chi connectivity index (χ0v) is 7.27. The van der Waals surface area contributed by atoms with Gasteiger partial charge in [0.05, 0.1) is 6.20 Å². The number of carboxylic acid groups (broad SMARTS) is 1. The summed E-state index contributed by atoms with van der Waals surface area (Å²) in [5.41, 5.74) is -0.0814. The number of aromatic amines is 1. The van der Waals surface area contributed by atoms with E-state index in [1.165, 1.54) is 0 Å². The zero-order chi connectivity index (χ0) is 10.3. The molecular formula is C7H10N2O4. The average molecular weight is 186 g/mol. The molecule has 0 aliphatic heterocycles. The Balaban J connectivity index is 0.000000424. The summed E-state index contributed by atoms with van der Waals surface area (Å²) in [6.45, 7) is 0. The molecule has 0 saturated carbocycles. The van der Waals surface area contributed by atoms with Gasteiger partial charge in [-0.2, -0.15) is 0 Å². The van der Waals surface area contributed by atoms with Gasteiger partial charge >= 0.3 is 5.97 Å². The van der Waals surface area contributed by atoms with Crippen LogP contribution >= 0.6 is 0 Å². The lowest BCUT2D eigenvalue weighted by atomic mass is 10.5. The van der Waals surface area contributed by atoms with Gasteiger partial charge in [-0.05, 0) is 0 Å². The van der Waals surface area contributed by atoms with E-state index in [0.717, 1.165) is 6.20 Å². The number of carbonyl (C=O) groups excluding carboxylic acids is 1. The molecule has 0 aliphatic carbocycles. The van der Waals surface area contributed by atoms with Crippen LogP contribution in [-0.4, -0.2) is 41.5 Å². The largest absolute Gasteiger partial charge is 0.477 e. The molecule has 0 atom stereocenters. The Morgan fingerprint density at radius 3 is 2.46 bits per heavy atom. The van der Waals surface area contributed by atoms with Crippen LogP contribution in [0.1, 0.15) is 21.1 Å². The summed E-state index contributed by atoms with van der Waals surface area (Å²) in [6.07, 6.45) is 1.54. The van der Waals surface area contributed by atoms with Gasteiger partial charge in [0.1, 0.15) is 5.69 Å². The molecule has 1 heterocycles. The highest BCUT2D eigenvalue weighted by molar-refractivity contribution is 5.86. The Labute approximate surface area is 74.6 Å². The van der Waals surface area contributed by atoms with Crippen molar-refractivity contribution in [2.45, 2.75) is 0 Å². The van der Waals surface area contributed by atoms with Crippen LogP contribution in [0.25, 0.3) is 0 Å². The third-order valence-corrected chi connectivity index (χ3v) is 0.938. The minimum atomic E-state index is -1.12. The van der Waals surface area contributed by atoms with E-state index in [-0.39, 0.29) is 11.5 Å². The van der Waals surface area contributed by atoms with Crippen molar-refractivity contribution in [1.82, 2.24) is 9.97 Å². The first-order chi connectivity index (χ1) is 6.15. The summed E-state index contributed by atoms with van der Waals surface area (Å²) in [5, 5.41) is 8.31. The van der Waals surface area contributed by atoms with Crippen LogP contribution in [0.15, 0.2) is 6.20 Å². The highest BCUT2D eigenvalue weighted by Crippen LogP contribution is 1.93. The van der Waals surface area contributed by atoms with E-state index < -0.39 is 5.97 Å². The number of ether oxygens (including phenoxy) is 1. The predicted octanol–water partition coefficient (Wildman–Crippen LogP) is 0.183. The highest BCUT2D eigenvalue weighted by atomic mass is 16.4. The van der Waals surface area contributed by atoms with Gasteiger partial charge in [0.2, 0.25) is 0 Å². The molecule has 0 aromatic carbocycles. The Morgan fingerprint density at radius 1 is 1.69 bits per heavy atom. The number of imidazole rings is 1. The fraction of sp³-hybridized carbons (Fsp3) is 0.286. The molecule has 0 unspecified atom stereocenters. The topological polar surface area (TPSA) is 92.3 Å². The van der Waals surface area contributed by atoms with Gasteiger partial charge in [-0.3, -0.25) is 4.79 Å². The lowest BCUT2D eigenvalue weighted by molar-refractivity contribution is 0.0691. The number of rotatable bonds is 2. The molecule has 13 heavy (non-hydrogen) atoms. The van der Waals surface area contributed by atoms with Crippen LogP contribution in [0.3, 0.4) is 0 Å². The molecule has 0 amide bonds. The lowest BCUT2D eigenvalue weighted by Crippen LogP contribution is -1.95. The maximum absolute atomic E-state index is 10.1. The van der Waals surface area contributed by atoms with Gasteiger partial charge in [0.25, 0.3) is 0 Å². The van der Waals surface area contributed by atoms with Crippen LogP contribution in [0.2, 0.25) is 0 Å². The average Bonchev–Trinajstić information content (AvgIpc) is 2.53. The van der Waals surface area contributed by atoms with E-state index >= 15 is 0 Å². The Kier molecular flexibility index (Phi) is 5.13. The van der Waals surface area contributed by atoms with E-state index in [1.807, 2.05) is 0 Å². The van der Waals surface area contributed by atoms with Gasteiger partial charge in [-0.25, -0.2) is 9.78 Å². The van der Waals surface area contributed by atoms with Crippen molar-refractivity contribution in [3.05, 3.63) is 17.7 Å². The van der Waals surface area contributed by atoms with Crippen LogP contribution in [-0.2, 0) is 4.74 Å². The van der Waals surface area contributed by atoms with Crippen molar-refractivity contribution in [2.24, 2.45) is 0 Å². The maximum atomic E-state index is 10.1. The quantitative estimate of drug-likeness (QED) is 0.643. The van der Waals surface area contributed by atoms with Crippen molar-refractivity contribution in [1.29, 1.82) is 0 Å². The summed E-state index contributed by atoms with van der Waals surface area (Å²) in [6, 6.07) is 0. The van der Waals surface area contributed by atoms with E-state index in [4.69, 9.17) is 5.11 Å². The number of H-pyrrole nitrogens is 1. The van der Waals surface area contributed by atoms with Crippen molar-refractivity contribution >= 4 is 12.3 Å². The second-order valence-electron chi connectivity index (χ2n) is 2.01. The fourth-order valence-electron chi connectivity index (χ4n) is 0.505. The minimum Gasteiger partial charge on any atom is -0.477 e. The molecule has 2 N–H and O–H groups in total. The number of hydrogen-bond acceptors (Lipinski definition) is 4. The maximum Gasteiger partial charge on any atom is 0.353 e. The van der Waals surface area contributed by atoms with Crippen molar-refractivity contribution in [2.75, 3.05) is 14.2 Å². The highest BCUT2D eigenvalue weighted by Gasteiger charge is 2.04. The van der Waals surface area contributed by atoms with Gasteiger partial charge in [0.15, 0.2) is 12.1 Å². The van der Waals surface area contributed by atoms with E-state index in [9.17, 15) is 9.59 Å². The Hall–Kier alpha value is -1.69. The van der Waals surface area contributed by atoms with Crippen LogP contribution in [0.4, 0.5) is 0 Å². The van der Waals surface area contributed by atoms with Gasteiger partial charge in [-0.15, -0.1) is 0 Å². The molecule has 0 aliphatic rings. The Morgan fingerprint density at radius 2 is 2.23 bits per heavy atom. The number of methoxy groups -OCH3 is 1. The number of nitrogens with one attached hydrogen (secondary N) is 1. The first-order valence-corrected chi connectivity index (χ1v) is 3.29. The summed E-state index contributed by atoms with van der Waals surface area (Å²) in [5.74, 6) is -1.10. The molecule has 1 aromatic heterocycles. The van der Waals surface area contributed by atoms with Crippen molar-refractivity contribution < 1.29 is 19.4 Å². The lowest BCUT2D eigenvalue weighted by Gasteiger charge is -1.81. The number of hydrogen-bond donors (Lipinski definition) is 2. The third kappa shape index (κ3) is 4.02. The summed E-state index contributed by atoms with van der Waals surface area (Å²) in [7, 11) is 3.25. The molecule has 1 aromatic rings.